The lowest BCUT2D eigenvalue weighted by atomic mass is 10.1. The highest BCUT2D eigenvalue weighted by Crippen LogP contribution is 2.11. The zero-order chi connectivity index (χ0) is 8.81. The Bertz CT molecular complexity index is 202. The van der Waals surface area contributed by atoms with Crippen LogP contribution in [0.15, 0.2) is 5.11 Å². The molecule has 1 fully saturated rings. The minimum Gasteiger partial charge on any atom is -0.379 e. The van der Waals surface area contributed by atoms with Crippen LogP contribution < -0.4 is 5.32 Å². The Morgan fingerprint density at radius 2 is 2.58 bits per heavy atom. The first-order valence-corrected chi connectivity index (χ1v) is 3.70. The monoisotopic (exact) mass is 170 g/mol. The van der Waals surface area contributed by atoms with E-state index in [9.17, 15) is 4.79 Å². The summed E-state index contributed by atoms with van der Waals surface area (Å²) in [5.41, 5.74) is 8.21. The van der Waals surface area contributed by atoms with Crippen LogP contribution in [0.5, 0.6) is 0 Å². The predicted octanol–water partition coefficient (Wildman–Crippen LogP) is 0.200. The van der Waals surface area contributed by atoms with Crippen LogP contribution in [0.2, 0.25) is 0 Å². The number of amides is 1. The summed E-state index contributed by atoms with van der Waals surface area (Å²) in [5.74, 6) is 0. The maximum atomic E-state index is 10.1. The quantitative estimate of drug-likeness (QED) is 0.284. The largest absolute Gasteiger partial charge is 0.379 e. The van der Waals surface area contributed by atoms with E-state index in [2.05, 4.69) is 15.3 Å². The van der Waals surface area contributed by atoms with Gasteiger partial charge in [0.2, 0.25) is 6.41 Å². The summed E-state index contributed by atoms with van der Waals surface area (Å²) < 4.78 is 5.11. The molecule has 1 aliphatic heterocycles. The predicted molar refractivity (Wildman–Crippen MR) is 41.4 cm³/mol. The average Bonchev–Trinajstić information content (AvgIpc) is 2.09. The van der Waals surface area contributed by atoms with Crippen molar-refractivity contribution in [3.63, 3.8) is 0 Å². The highest BCUT2D eigenvalue weighted by atomic mass is 16.5. The fourth-order valence-electron chi connectivity index (χ4n) is 1.18. The second kappa shape index (κ2) is 4.58. The number of nitrogens with zero attached hydrogens (tertiary/aromatic N) is 3. The van der Waals surface area contributed by atoms with Crippen molar-refractivity contribution in [2.45, 2.75) is 18.5 Å². The number of hydrogen-bond donors (Lipinski definition) is 1. The van der Waals surface area contributed by atoms with Crippen molar-refractivity contribution in [2.24, 2.45) is 5.11 Å². The van der Waals surface area contributed by atoms with Gasteiger partial charge in [-0.05, 0) is 12.0 Å². The summed E-state index contributed by atoms with van der Waals surface area (Å²) in [4.78, 5) is 12.8. The molecule has 0 aromatic carbocycles. The van der Waals surface area contributed by atoms with Crippen molar-refractivity contribution >= 4 is 6.41 Å². The molecule has 12 heavy (non-hydrogen) atoms. The van der Waals surface area contributed by atoms with Gasteiger partial charge in [0.05, 0.1) is 18.7 Å². The highest BCUT2D eigenvalue weighted by molar-refractivity contribution is 5.47. The van der Waals surface area contributed by atoms with Crippen LogP contribution in [0.25, 0.3) is 10.4 Å². The first kappa shape index (κ1) is 8.83. The second-order valence-electron chi connectivity index (χ2n) is 2.53. The Kier molecular flexibility index (Phi) is 3.37. The zero-order valence-corrected chi connectivity index (χ0v) is 6.51. The molecule has 1 saturated heterocycles. The van der Waals surface area contributed by atoms with E-state index < -0.39 is 0 Å². The topological polar surface area (TPSA) is 87.1 Å². The number of hydrogen-bond acceptors (Lipinski definition) is 3. The first-order chi connectivity index (χ1) is 5.88. The van der Waals surface area contributed by atoms with Gasteiger partial charge in [-0.15, -0.1) is 0 Å². The minimum atomic E-state index is -0.174. The van der Waals surface area contributed by atoms with E-state index in [0.717, 1.165) is 0 Å². The molecule has 1 aliphatic rings. The molecular formula is C6H10N4O2. The minimum absolute atomic E-state index is 0.172. The Labute approximate surface area is 69.5 Å². The fraction of sp³-hybridized carbons (Fsp3) is 0.833. The molecule has 66 valence electrons. The van der Waals surface area contributed by atoms with Crippen molar-refractivity contribution in [1.29, 1.82) is 0 Å². The highest BCUT2D eigenvalue weighted by Gasteiger charge is 2.23. The molecule has 0 spiro atoms. The molecule has 1 amide bonds. The maximum Gasteiger partial charge on any atom is 0.207 e. The molecule has 0 aromatic heterocycles. The molecular weight excluding hydrogens is 160 g/mol. The van der Waals surface area contributed by atoms with E-state index >= 15 is 0 Å². The molecule has 0 aromatic rings. The normalized spacial score (nSPS) is 28.7. The van der Waals surface area contributed by atoms with E-state index in [1.54, 1.807) is 0 Å². The fourth-order valence-corrected chi connectivity index (χ4v) is 1.18. The van der Waals surface area contributed by atoms with E-state index in [1.165, 1.54) is 0 Å². The molecule has 6 heteroatoms. The van der Waals surface area contributed by atoms with Crippen molar-refractivity contribution < 1.29 is 9.53 Å². The van der Waals surface area contributed by atoms with Gasteiger partial charge in [-0.3, -0.25) is 4.79 Å². The number of nitrogens with one attached hydrogen (secondary N) is 1. The number of carbonyl (C=O) groups excluding carboxylic acids is 1. The lowest BCUT2D eigenvalue weighted by molar-refractivity contribution is -0.111. The molecule has 0 saturated carbocycles. The van der Waals surface area contributed by atoms with Gasteiger partial charge in [0.15, 0.2) is 0 Å². The third-order valence-electron chi connectivity index (χ3n) is 1.80. The third kappa shape index (κ3) is 2.11. The average molecular weight is 170 g/mol. The Balaban J connectivity index is 2.53. The van der Waals surface area contributed by atoms with Gasteiger partial charge in [0.25, 0.3) is 0 Å². The number of rotatable bonds is 3. The lowest BCUT2D eigenvalue weighted by Gasteiger charge is -2.27. The van der Waals surface area contributed by atoms with Crippen LogP contribution in [-0.2, 0) is 9.53 Å². The summed E-state index contributed by atoms with van der Waals surface area (Å²) in [5, 5.41) is 6.11. The van der Waals surface area contributed by atoms with Crippen molar-refractivity contribution in [2.75, 3.05) is 13.2 Å². The van der Waals surface area contributed by atoms with E-state index in [0.29, 0.717) is 26.0 Å². The molecule has 6 nitrogen and oxygen atoms in total. The number of ether oxygens (including phenoxy) is 1. The van der Waals surface area contributed by atoms with Crippen LogP contribution in [0.1, 0.15) is 6.42 Å². The maximum absolute atomic E-state index is 10.1. The van der Waals surface area contributed by atoms with E-state index in [1.807, 2.05) is 0 Å². The van der Waals surface area contributed by atoms with E-state index in [4.69, 9.17) is 10.3 Å². The van der Waals surface area contributed by atoms with Crippen LogP contribution in [0.3, 0.4) is 0 Å². The van der Waals surface area contributed by atoms with Gasteiger partial charge < -0.3 is 10.1 Å². The molecule has 0 aliphatic carbocycles. The molecule has 1 N–H and O–H groups in total. The van der Waals surface area contributed by atoms with Crippen LogP contribution in [0, 0.1) is 0 Å². The van der Waals surface area contributed by atoms with Gasteiger partial charge in [-0.1, -0.05) is 5.11 Å². The van der Waals surface area contributed by atoms with Crippen LogP contribution in [-0.4, -0.2) is 31.7 Å². The van der Waals surface area contributed by atoms with Gasteiger partial charge in [0, 0.05) is 11.5 Å². The molecule has 0 radical (unpaired) electrons. The van der Waals surface area contributed by atoms with Crippen molar-refractivity contribution in [3.05, 3.63) is 10.4 Å². The zero-order valence-electron chi connectivity index (χ0n) is 6.51. The second-order valence-corrected chi connectivity index (χ2v) is 2.53. The SMILES string of the molecule is [N-]=[N+]=NC1CCOC[C@H]1NC=O. The third-order valence-corrected chi connectivity index (χ3v) is 1.80. The van der Waals surface area contributed by atoms with E-state index in [-0.39, 0.29) is 12.1 Å². The molecule has 1 unspecified atom stereocenters. The summed E-state index contributed by atoms with van der Waals surface area (Å²) in [6, 6.07) is -0.346. The van der Waals surface area contributed by atoms with Gasteiger partial charge in [-0.2, -0.15) is 0 Å². The van der Waals surface area contributed by atoms with Gasteiger partial charge in [-0.25, -0.2) is 0 Å². The standard InChI is InChI=1S/C6H10N4O2/c7-10-9-5-1-2-12-3-6(5)8-4-11/h4-6H,1-3H2,(H,8,11)/t5?,6-/m1/s1. The Morgan fingerprint density at radius 1 is 1.75 bits per heavy atom. The summed E-state index contributed by atoms with van der Waals surface area (Å²) in [6.07, 6.45) is 1.26. The smallest absolute Gasteiger partial charge is 0.207 e. The molecule has 1 rings (SSSR count). The van der Waals surface area contributed by atoms with Crippen LogP contribution >= 0.6 is 0 Å². The van der Waals surface area contributed by atoms with Gasteiger partial charge >= 0.3 is 0 Å². The van der Waals surface area contributed by atoms with Crippen LogP contribution in [0.4, 0.5) is 0 Å². The lowest BCUT2D eigenvalue weighted by Crippen LogP contribution is -2.45. The number of azide groups is 1. The summed E-state index contributed by atoms with van der Waals surface area (Å²) >= 11 is 0. The number of carbonyl (C=O) groups is 1. The van der Waals surface area contributed by atoms with Crippen molar-refractivity contribution in [1.82, 2.24) is 5.32 Å². The molecule has 0 bridgehead atoms. The molecule has 2 atom stereocenters. The molecule has 1 heterocycles. The summed E-state index contributed by atoms with van der Waals surface area (Å²) in [7, 11) is 0. The summed E-state index contributed by atoms with van der Waals surface area (Å²) in [6.45, 7) is 1.00. The Hall–Kier alpha value is -1.26. The Morgan fingerprint density at radius 3 is 3.25 bits per heavy atom. The first-order valence-electron chi connectivity index (χ1n) is 3.70. The van der Waals surface area contributed by atoms with Gasteiger partial charge in [0.1, 0.15) is 0 Å². The van der Waals surface area contributed by atoms with Crippen molar-refractivity contribution in [3.8, 4) is 0 Å².